The van der Waals surface area contributed by atoms with E-state index in [-0.39, 0.29) is 19.4 Å². The zero-order chi connectivity index (χ0) is 29.7. The van der Waals surface area contributed by atoms with Crippen LogP contribution in [0, 0.1) is 0 Å². The zero-order valence-electron chi connectivity index (χ0n) is 25.5. The second kappa shape index (κ2) is 27.9. The van der Waals surface area contributed by atoms with Gasteiger partial charge in [0.2, 0.25) is 0 Å². The predicted octanol–water partition coefficient (Wildman–Crippen LogP) is 8.73. The van der Waals surface area contributed by atoms with Crippen LogP contribution < -0.4 is 0 Å². The number of phosphoric ester groups is 1. The number of hydrogen-bond donors (Lipinski definition) is 2. The van der Waals surface area contributed by atoms with E-state index in [0.717, 1.165) is 38.5 Å². The number of hydrogen-bond acceptors (Lipinski definition) is 6. The van der Waals surface area contributed by atoms with Crippen LogP contribution in [-0.4, -0.2) is 41.0 Å². The van der Waals surface area contributed by atoms with E-state index in [4.69, 9.17) is 19.3 Å². The molecular weight excluding hydrogens is 531 g/mol. The molecule has 0 unspecified atom stereocenters. The summed E-state index contributed by atoms with van der Waals surface area (Å²) < 4.78 is 26.0. The Kier molecular flexibility index (Phi) is 27.1. The summed E-state index contributed by atoms with van der Waals surface area (Å²) >= 11 is 0. The molecule has 0 spiro atoms. The Morgan fingerprint density at radius 2 is 1.10 bits per heavy atom. The van der Waals surface area contributed by atoms with Crippen LogP contribution in [0.3, 0.4) is 0 Å². The molecule has 0 bridgehead atoms. The fraction of sp³-hybridized carbons (Fsp3) is 0.871. The van der Waals surface area contributed by atoms with Gasteiger partial charge in [0.1, 0.15) is 6.61 Å². The first-order valence-corrected chi connectivity index (χ1v) is 17.5. The van der Waals surface area contributed by atoms with Crippen LogP contribution in [0.1, 0.15) is 155 Å². The van der Waals surface area contributed by atoms with Crippen LogP contribution in [0.15, 0.2) is 12.2 Å². The summed E-state index contributed by atoms with van der Waals surface area (Å²) in [4.78, 5) is 42.2. The Balaban J connectivity index is 4.03. The summed E-state index contributed by atoms with van der Waals surface area (Å²) in [5, 5.41) is 0. The number of rotatable bonds is 29. The third-order valence-corrected chi connectivity index (χ3v) is 7.28. The van der Waals surface area contributed by atoms with Crippen LogP contribution in [0.4, 0.5) is 0 Å². The largest absolute Gasteiger partial charge is 0.469 e. The van der Waals surface area contributed by atoms with Gasteiger partial charge in [0.15, 0.2) is 6.10 Å². The average molecular weight is 591 g/mol. The van der Waals surface area contributed by atoms with E-state index < -0.39 is 32.5 Å². The Bertz CT molecular complexity index is 676. The van der Waals surface area contributed by atoms with E-state index in [9.17, 15) is 14.2 Å². The molecule has 2 N–H and O–H groups in total. The number of carbonyl (C=O) groups is 2. The fourth-order valence-electron chi connectivity index (χ4n) is 4.39. The lowest BCUT2D eigenvalue weighted by Crippen LogP contribution is -2.29. The predicted molar refractivity (Wildman–Crippen MR) is 161 cm³/mol. The van der Waals surface area contributed by atoms with Crippen molar-refractivity contribution in [2.45, 2.75) is 161 Å². The van der Waals surface area contributed by atoms with Crippen molar-refractivity contribution in [2.75, 3.05) is 13.2 Å². The van der Waals surface area contributed by atoms with Crippen molar-refractivity contribution >= 4 is 19.8 Å². The maximum absolute atomic E-state index is 12.2. The Morgan fingerprint density at radius 3 is 1.62 bits per heavy atom. The molecule has 0 radical (unpaired) electrons. The summed E-state index contributed by atoms with van der Waals surface area (Å²) in [5.74, 6) is -0.946. The monoisotopic (exact) mass is 590 g/mol. The normalized spacial score (nSPS) is 12.6. The van der Waals surface area contributed by atoms with Gasteiger partial charge < -0.3 is 19.3 Å². The van der Waals surface area contributed by atoms with Crippen molar-refractivity contribution in [2.24, 2.45) is 0 Å². The SMILES string of the molecule is CCCCCCCCCCCCC/C=C/CCC(=O)O[C@H](COC(=O)CCCCCCCCC)COP(=O)(O)O. The van der Waals surface area contributed by atoms with Crippen LogP contribution in [0.5, 0.6) is 0 Å². The third-order valence-electron chi connectivity index (χ3n) is 6.80. The van der Waals surface area contributed by atoms with Gasteiger partial charge in [-0.1, -0.05) is 129 Å². The molecule has 0 saturated heterocycles. The lowest BCUT2D eigenvalue weighted by molar-refractivity contribution is -0.161. The lowest BCUT2D eigenvalue weighted by atomic mass is 10.1. The summed E-state index contributed by atoms with van der Waals surface area (Å²) in [6.45, 7) is 3.58. The van der Waals surface area contributed by atoms with E-state index in [1.54, 1.807) is 0 Å². The molecule has 0 rings (SSSR count). The highest BCUT2D eigenvalue weighted by atomic mass is 31.2. The smallest absolute Gasteiger partial charge is 0.462 e. The highest BCUT2D eigenvalue weighted by Gasteiger charge is 2.22. The highest BCUT2D eigenvalue weighted by Crippen LogP contribution is 2.35. The molecule has 0 aliphatic carbocycles. The molecule has 0 aliphatic rings. The second-order valence-corrected chi connectivity index (χ2v) is 12.0. The molecule has 9 heteroatoms. The van der Waals surface area contributed by atoms with Gasteiger partial charge in [-0.05, 0) is 25.7 Å². The molecule has 40 heavy (non-hydrogen) atoms. The molecule has 8 nitrogen and oxygen atoms in total. The molecule has 0 amide bonds. The molecule has 236 valence electrons. The first-order chi connectivity index (χ1) is 19.3. The van der Waals surface area contributed by atoms with Gasteiger partial charge in [-0.3, -0.25) is 14.1 Å². The van der Waals surface area contributed by atoms with Crippen LogP contribution >= 0.6 is 7.82 Å². The van der Waals surface area contributed by atoms with Gasteiger partial charge in [0.25, 0.3) is 0 Å². The summed E-state index contributed by atoms with van der Waals surface area (Å²) in [6.07, 6.45) is 26.8. The Labute approximate surface area is 244 Å². The lowest BCUT2D eigenvalue weighted by Gasteiger charge is -2.18. The molecule has 0 aromatic carbocycles. The molecule has 0 saturated carbocycles. The average Bonchev–Trinajstić information content (AvgIpc) is 2.91. The van der Waals surface area contributed by atoms with Crippen LogP contribution in [0.25, 0.3) is 0 Å². The quantitative estimate of drug-likeness (QED) is 0.0384. The zero-order valence-corrected chi connectivity index (χ0v) is 26.4. The minimum Gasteiger partial charge on any atom is -0.462 e. The number of phosphoric acid groups is 1. The van der Waals surface area contributed by atoms with E-state index in [2.05, 4.69) is 24.4 Å². The molecule has 0 heterocycles. The highest BCUT2D eigenvalue weighted by molar-refractivity contribution is 7.46. The Hall–Kier alpha value is -1.21. The number of unbranched alkanes of at least 4 members (excludes halogenated alkanes) is 17. The van der Waals surface area contributed by atoms with Crippen molar-refractivity contribution in [3.8, 4) is 0 Å². The van der Waals surface area contributed by atoms with Gasteiger partial charge in [-0.25, -0.2) is 4.57 Å². The van der Waals surface area contributed by atoms with Gasteiger partial charge >= 0.3 is 19.8 Å². The molecular formula is C31H59O8P. The maximum Gasteiger partial charge on any atom is 0.469 e. The molecule has 1 atom stereocenters. The standard InChI is InChI=1S/C31H59O8P/c1-3-5-7-9-11-12-13-14-15-16-17-18-20-22-24-26-31(33)39-29(28-38-40(34,35)36)27-37-30(32)25-23-21-19-10-8-6-4-2/h20,22,29H,3-19,21,23-28H2,1-2H3,(H2,34,35,36)/b22-20+/t29-/m1/s1. The number of esters is 2. The number of carbonyl (C=O) groups excluding carboxylic acids is 2. The van der Waals surface area contributed by atoms with Gasteiger partial charge in [0, 0.05) is 12.8 Å². The summed E-state index contributed by atoms with van der Waals surface area (Å²) in [5.41, 5.74) is 0. The number of allylic oxidation sites excluding steroid dienone is 2. The van der Waals surface area contributed by atoms with Gasteiger partial charge in [-0.15, -0.1) is 0 Å². The van der Waals surface area contributed by atoms with Crippen LogP contribution in [0.2, 0.25) is 0 Å². The summed E-state index contributed by atoms with van der Waals surface area (Å²) in [7, 11) is -4.74. The van der Waals surface area contributed by atoms with Crippen molar-refractivity contribution < 1.29 is 37.9 Å². The molecule has 0 aliphatic heterocycles. The van der Waals surface area contributed by atoms with E-state index >= 15 is 0 Å². The first kappa shape index (κ1) is 38.8. The minimum atomic E-state index is -4.74. The minimum absolute atomic E-state index is 0.132. The third kappa shape index (κ3) is 29.8. The molecule has 0 fully saturated rings. The Morgan fingerprint density at radius 1 is 0.625 bits per heavy atom. The maximum atomic E-state index is 12.2. The van der Waals surface area contributed by atoms with Gasteiger partial charge in [-0.2, -0.15) is 0 Å². The van der Waals surface area contributed by atoms with Crippen molar-refractivity contribution in [3.05, 3.63) is 12.2 Å². The molecule has 0 aromatic heterocycles. The fourth-order valence-corrected chi connectivity index (χ4v) is 4.75. The first-order valence-electron chi connectivity index (χ1n) is 16.0. The van der Waals surface area contributed by atoms with Crippen LogP contribution in [-0.2, 0) is 28.2 Å². The summed E-state index contributed by atoms with van der Waals surface area (Å²) in [6, 6.07) is 0. The van der Waals surface area contributed by atoms with Crippen molar-refractivity contribution in [1.29, 1.82) is 0 Å². The van der Waals surface area contributed by atoms with Crippen molar-refractivity contribution in [3.63, 3.8) is 0 Å². The van der Waals surface area contributed by atoms with E-state index in [1.165, 1.54) is 83.5 Å². The van der Waals surface area contributed by atoms with E-state index in [1.807, 2.05) is 6.08 Å². The number of ether oxygens (including phenoxy) is 2. The van der Waals surface area contributed by atoms with Gasteiger partial charge in [0.05, 0.1) is 6.61 Å². The molecule has 0 aromatic rings. The van der Waals surface area contributed by atoms with Crippen molar-refractivity contribution in [1.82, 2.24) is 0 Å². The topological polar surface area (TPSA) is 119 Å². The van der Waals surface area contributed by atoms with E-state index in [0.29, 0.717) is 6.42 Å². The second-order valence-electron chi connectivity index (χ2n) is 10.8.